The molecule has 0 saturated heterocycles. The molecule has 0 radical (unpaired) electrons. The number of hydrogen-bond acceptors (Lipinski definition) is 3. The predicted molar refractivity (Wildman–Crippen MR) is 109 cm³/mol. The zero-order chi connectivity index (χ0) is 19.3. The minimum Gasteiger partial charge on any atom is -0.466 e. The summed E-state index contributed by atoms with van der Waals surface area (Å²) >= 11 is 0. The van der Waals surface area contributed by atoms with Crippen LogP contribution in [0.4, 0.5) is 0 Å². The molecule has 154 valence electrons. The second-order valence-electron chi connectivity index (χ2n) is 7.49. The van der Waals surface area contributed by atoms with Crippen molar-refractivity contribution in [3.63, 3.8) is 0 Å². The van der Waals surface area contributed by atoms with Crippen molar-refractivity contribution in [2.75, 3.05) is 6.61 Å². The van der Waals surface area contributed by atoms with Crippen molar-refractivity contribution < 1.29 is 14.3 Å². The standard InChI is InChI=1S/C22H43NO3/c1-2-3-4-12-16-19-22(25)26-20-17-14-11-9-7-5-6-8-10-13-15-18-21(23)24/h2-20H2,1H3,(H2,23,24). The van der Waals surface area contributed by atoms with Crippen LogP contribution in [0.25, 0.3) is 0 Å². The lowest BCUT2D eigenvalue weighted by molar-refractivity contribution is -0.143. The Kier molecular flexibility index (Phi) is 19.4. The number of carbonyl (C=O) groups excluding carboxylic acids is 2. The number of unbranched alkanes of at least 4 members (excludes halogenated alkanes) is 14. The van der Waals surface area contributed by atoms with E-state index >= 15 is 0 Å². The van der Waals surface area contributed by atoms with E-state index in [9.17, 15) is 9.59 Å². The summed E-state index contributed by atoms with van der Waals surface area (Å²) in [7, 11) is 0. The molecule has 0 aromatic carbocycles. The number of amides is 1. The fourth-order valence-corrected chi connectivity index (χ4v) is 3.12. The van der Waals surface area contributed by atoms with Gasteiger partial charge in [0.25, 0.3) is 0 Å². The van der Waals surface area contributed by atoms with Crippen LogP contribution in [0.2, 0.25) is 0 Å². The SMILES string of the molecule is CCCCCCCC(=O)OCCCCCCCCCCCCCC(N)=O. The molecule has 0 bridgehead atoms. The number of carbonyl (C=O) groups is 2. The second kappa shape index (κ2) is 20.3. The number of rotatable bonds is 20. The van der Waals surface area contributed by atoms with Crippen LogP contribution < -0.4 is 5.73 Å². The van der Waals surface area contributed by atoms with Gasteiger partial charge in [-0.3, -0.25) is 9.59 Å². The molecule has 0 rings (SSSR count). The average Bonchev–Trinajstić information content (AvgIpc) is 2.61. The number of ether oxygens (including phenoxy) is 1. The predicted octanol–water partition coefficient (Wildman–Crippen LogP) is 6.06. The normalized spacial score (nSPS) is 10.8. The zero-order valence-electron chi connectivity index (χ0n) is 17.2. The van der Waals surface area contributed by atoms with Crippen molar-refractivity contribution in [2.24, 2.45) is 5.73 Å². The molecule has 4 heteroatoms. The van der Waals surface area contributed by atoms with Crippen molar-refractivity contribution in [2.45, 2.75) is 122 Å². The monoisotopic (exact) mass is 369 g/mol. The molecule has 2 N–H and O–H groups in total. The first-order valence-corrected chi connectivity index (χ1v) is 11.1. The Morgan fingerprint density at radius 3 is 1.54 bits per heavy atom. The maximum Gasteiger partial charge on any atom is 0.305 e. The lowest BCUT2D eigenvalue weighted by Gasteiger charge is -2.05. The van der Waals surface area contributed by atoms with Crippen molar-refractivity contribution in [1.29, 1.82) is 0 Å². The van der Waals surface area contributed by atoms with E-state index < -0.39 is 0 Å². The van der Waals surface area contributed by atoms with Crippen molar-refractivity contribution >= 4 is 11.9 Å². The molecule has 1 amide bonds. The van der Waals surface area contributed by atoms with E-state index in [1.807, 2.05) is 0 Å². The lowest BCUT2D eigenvalue weighted by Crippen LogP contribution is -2.09. The first-order chi connectivity index (χ1) is 12.7. The van der Waals surface area contributed by atoms with Gasteiger partial charge in [-0.1, -0.05) is 90.4 Å². The van der Waals surface area contributed by atoms with Gasteiger partial charge in [0.1, 0.15) is 0 Å². The van der Waals surface area contributed by atoms with E-state index in [-0.39, 0.29) is 11.9 Å². The Morgan fingerprint density at radius 1 is 0.615 bits per heavy atom. The maximum atomic E-state index is 11.6. The quantitative estimate of drug-likeness (QED) is 0.209. The number of nitrogens with two attached hydrogens (primary N) is 1. The molecule has 0 heterocycles. The van der Waals surface area contributed by atoms with E-state index in [0.29, 0.717) is 19.4 Å². The second-order valence-corrected chi connectivity index (χ2v) is 7.49. The molecule has 4 nitrogen and oxygen atoms in total. The lowest BCUT2D eigenvalue weighted by atomic mass is 10.1. The summed E-state index contributed by atoms with van der Waals surface area (Å²) in [6, 6.07) is 0. The van der Waals surface area contributed by atoms with Crippen LogP contribution >= 0.6 is 0 Å². The Balaban J connectivity index is 3.12. The zero-order valence-corrected chi connectivity index (χ0v) is 17.2. The Bertz CT molecular complexity index is 331. The molecule has 0 aromatic heterocycles. The Labute approximate surface area is 161 Å². The largest absolute Gasteiger partial charge is 0.466 e. The van der Waals surface area contributed by atoms with Gasteiger partial charge in [0.2, 0.25) is 5.91 Å². The molecule has 26 heavy (non-hydrogen) atoms. The fraction of sp³-hybridized carbons (Fsp3) is 0.909. The Hall–Kier alpha value is -1.06. The number of esters is 1. The summed E-state index contributed by atoms with van der Waals surface area (Å²) in [6.07, 6.45) is 20.2. The molecule has 0 aromatic rings. The molecule has 0 unspecified atom stereocenters. The molecule has 0 aliphatic carbocycles. The summed E-state index contributed by atoms with van der Waals surface area (Å²) in [6.45, 7) is 2.80. The van der Waals surface area contributed by atoms with Gasteiger partial charge in [-0.25, -0.2) is 0 Å². The third-order valence-corrected chi connectivity index (χ3v) is 4.82. The van der Waals surface area contributed by atoms with Crippen LogP contribution in [0.3, 0.4) is 0 Å². The summed E-state index contributed by atoms with van der Waals surface area (Å²) in [5, 5.41) is 0. The van der Waals surface area contributed by atoms with Crippen LogP contribution in [0, 0.1) is 0 Å². The van der Waals surface area contributed by atoms with E-state index in [0.717, 1.165) is 38.5 Å². The highest BCUT2D eigenvalue weighted by Gasteiger charge is 2.02. The van der Waals surface area contributed by atoms with E-state index in [4.69, 9.17) is 10.5 Å². The van der Waals surface area contributed by atoms with Gasteiger partial charge in [0, 0.05) is 12.8 Å². The van der Waals surface area contributed by atoms with Gasteiger partial charge in [0.15, 0.2) is 0 Å². The van der Waals surface area contributed by atoms with Crippen molar-refractivity contribution in [3.8, 4) is 0 Å². The highest BCUT2D eigenvalue weighted by molar-refractivity contribution is 5.73. The van der Waals surface area contributed by atoms with Gasteiger partial charge < -0.3 is 10.5 Å². The maximum absolute atomic E-state index is 11.6. The first-order valence-electron chi connectivity index (χ1n) is 11.1. The van der Waals surface area contributed by atoms with Gasteiger partial charge in [-0.2, -0.15) is 0 Å². The molecule has 0 aliphatic rings. The first kappa shape index (κ1) is 24.9. The molecule has 0 spiro atoms. The minimum atomic E-state index is -0.179. The topological polar surface area (TPSA) is 69.4 Å². The third-order valence-electron chi connectivity index (χ3n) is 4.82. The van der Waals surface area contributed by atoms with Crippen LogP contribution in [0.5, 0.6) is 0 Å². The van der Waals surface area contributed by atoms with Crippen molar-refractivity contribution in [3.05, 3.63) is 0 Å². The molecule has 0 saturated carbocycles. The van der Waals surface area contributed by atoms with Gasteiger partial charge in [0.05, 0.1) is 6.61 Å². The molecule has 0 fully saturated rings. The summed E-state index contributed by atoms with van der Waals surface area (Å²) in [5.41, 5.74) is 5.12. The van der Waals surface area contributed by atoms with Crippen molar-refractivity contribution in [1.82, 2.24) is 0 Å². The van der Waals surface area contributed by atoms with E-state index in [1.54, 1.807) is 0 Å². The average molecular weight is 370 g/mol. The van der Waals surface area contributed by atoms with Gasteiger partial charge in [-0.05, 0) is 19.3 Å². The summed E-state index contributed by atoms with van der Waals surface area (Å²) in [4.78, 5) is 22.2. The fourth-order valence-electron chi connectivity index (χ4n) is 3.12. The smallest absolute Gasteiger partial charge is 0.305 e. The summed E-state index contributed by atoms with van der Waals surface area (Å²) in [5.74, 6) is -0.195. The molecular formula is C22H43NO3. The van der Waals surface area contributed by atoms with Gasteiger partial charge in [-0.15, -0.1) is 0 Å². The van der Waals surface area contributed by atoms with Crippen LogP contribution in [0.15, 0.2) is 0 Å². The number of primary amides is 1. The highest BCUT2D eigenvalue weighted by atomic mass is 16.5. The van der Waals surface area contributed by atoms with E-state index in [1.165, 1.54) is 64.2 Å². The van der Waals surface area contributed by atoms with Crippen LogP contribution in [-0.2, 0) is 14.3 Å². The molecule has 0 atom stereocenters. The third kappa shape index (κ3) is 21.0. The van der Waals surface area contributed by atoms with E-state index in [2.05, 4.69) is 6.92 Å². The Morgan fingerprint density at radius 2 is 1.04 bits per heavy atom. The van der Waals surface area contributed by atoms with Crippen LogP contribution in [-0.4, -0.2) is 18.5 Å². The minimum absolute atomic E-state index is 0.0164. The highest BCUT2D eigenvalue weighted by Crippen LogP contribution is 2.12. The molecule has 0 aliphatic heterocycles. The van der Waals surface area contributed by atoms with Gasteiger partial charge >= 0.3 is 5.97 Å². The summed E-state index contributed by atoms with van der Waals surface area (Å²) < 4.78 is 5.29. The van der Waals surface area contributed by atoms with Crippen LogP contribution in [0.1, 0.15) is 122 Å². The molecular weight excluding hydrogens is 326 g/mol. The number of hydrogen-bond donors (Lipinski definition) is 1.